The van der Waals surface area contributed by atoms with E-state index in [1.165, 1.54) is 0 Å². The van der Waals surface area contributed by atoms with Crippen LogP contribution in [0.4, 0.5) is 0 Å². The Kier molecular flexibility index (Phi) is 6.17. The maximum Gasteiger partial charge on any atom is 0.303 e. The summed E-state index contributed by atoms with van der Waals surface area (Å²) in [5.41, 5.74) is 0. The normalized spacial score (nSPS) is 13.2. The predicted octanol–water partition coefficient (Wildman–Crippen LogP) is 1.44. The van der Waals surface area contributed by atoms with Crippen molar-refractivity contribution in [2.75, 3.05) is 0 Å². The summed E-state index contributed by atoms with van der Waals surface area (Å²) in [4.78, 5) is 22.2. The number of carbonyl (C=O) groups excluding carboxylic acids is 1. The Balaban J connectivity index is 4.30. The fourth-order valence-electron chi connectivity index (χ4n) is 1.38. The van der Waals surface area contributed by atoms with E-state index < -0.39 is 5.97 Å². The lowest BCUT2D eigenvalue weighted by atomic mass is 9.97. The molecule has 0 rings (SSSR count). The van der Waals surface area contributed by atoms with E-state index >= 15 is 0 Å². The summed E-state index contributed by atoms with van der Waals surface area (Å²) >= 11 is 0. The standard InChI is InChI=1S/C11H21NO3/c1-7(2)11(15)9(12-8(3)4)5-6-10(13)14/h7-9,12H,5-6H2,1-4H3,(H,13,14)/t9-/m0/s1. The van der Waals surface area contributed by atoms with E-state index in [-0.39, 0.29) is 30.2 Å². The maximum absolute atomic E-state index is 11.7. The van der Waals surface area contributed by atoms with Crippen LogP contribution in [0.5, 0.6) is 0 Å². The third kappa shape index (κ3) is 6.23. The minimum atomic E-state index is -0.859. The van der Waals surface area contributed by atoms with Crippen molar-refractivity contribution < 1.29 is 14.7 Å². The summed E-state index contributed by atoms with van der Waals surface area (Å²) in [6.45, 7) is 7.55. The molecule has 0 radical (unpaired) electrons. The van der Waals surface area contributed by atoms with E-state index in [0.717, 1.165) is 0 Å². The van der Waals surface area contributed by atoms with E-state index in [2.05, 4.69) is 5.32 Å². The van der Waals surface area contributed by atoms with E-state index in [4.69, 9.17) is 5.11 Å². The second-order valence-corrected chi connectivity index (χ2v) is 4.36. The summed E-state index contributed by atoms with van der Waals surface area (Å²) in [5, 5.41) is 11.7. The molecule has 0 fully saturated rings. The Morgan fingerprint density at radius 1 is 1.20 bits per heavy atom. The molecule has 0 aromatic carbocycles. The molecule has 0 aliphatic rings. The molecule has 4 nitrogen and oxygen atoms in total. The van der Waals surface area contributed by atoms with Gasteiger partial charge in [0.15, 0.2) is 5.78 Å². The highest BCUT2D eigenvalue weighted by Gasteiger charge is 2.22. The Morgan fingerprint density at radius 3 is 2.07 bits per heavy atom. The highest BCUT2D eigenvalue weighted by atomic mass is 16.4. The number of hydrogen-bond acceptors (Lipinski definition) is 3. The Bertz CT molecular complexity index is 224. The smallest absolute Gasteiger partial charge is 0.303 e. The molecule has 0 aromatic rings. The van der Waals surface area contributed by atoms with Crippen LogP contribution < -0.4 is 5.32 Å². The van der Waals surface area contributed by atoms with Crippen LogP contribution in [0.3, 0.4) is 0 Å². The molecule has 2 N–H and O–H groups in total. The van der Waals surface area contributed by atoms with Crippen LogP contribution >= 0.6 is 0 Å². The Hall–Kier alpha value is -0.900. The predicted molar refractivity (Wildman–Crippen MR) is 58.8 cm³/mol. The summed E-state index contributed by atoms with van der Waals surface area (Å²) in [5.74, 6) is -0.831. The first kappa shape index (κ1) is 14.1. The molecular weight excluding hydrogens is 194 g/mol. The van der Waals surface area contributed by atoms with Crippen molar-refractivity contribution in [3.05, 3.63) is 0 Å². The first-order valence-corrected chi connectivity index (χ1v) is 5.36. The molecule has 0 spiro atoms. The lowest BCUT2D eigenvalue weighted by molar-refractivity contribution is -0.137. The zero-order valence-electron chi connectivity index (χ0n) is 9.91. The minimum absolute atomic E-state index is 0.0306. The fourth-order valence-corrected chi connectivity index (χ4v) is 1.38. The molecule has 15 heavy (non-hydrogen) atoms. The van der Waals surface area contributed by atoms with Gasteiger partial charge in [0.1, 0.15) is 0 Å². The molecule has 0 heterocycles. The van der Waals surface area contributed by atoms with Crippen LogP contribution in [0.1, 0.15) is 40.5 Å². The third-order valence-corrected chi connectivity index (χ3v) is 2.09. The maximum atomic E-state index is 11.7. The van der Waals surface area contributed by atoms with Gasteiger partial charge < -0.3 is 10.4 Å². The molecule has 0 amide bonds. The minimum Gasteiger partial charge on any atom is -0.481 e. The van der Waals surface area contributed by atoms with Crippen LogP contribution in [-0.2, 0) is 9.59 Å². The lowest BCUT2D eigenvalue weighted by Gasteiger charge is -2.21. The van der Waals surface area contributed by atoms with Gasteiger partial charge in [0.05, 0.1) is 6.04 Å². The summed E-state index contributed by atoms with van der Waals surface area (Å²) < 4.78 is 0. The first-order valence-electron chi connectivity index (χ1n) is 5.36. The summed E-state index contributed by atoms with van der Waals surface area (Å²) in [7, 11) is 0. The van der Waals surface area contributed by atoms with E-state index in [9.17, 15) is 9.59 Å². The van der Waals surface area contributed by atoms with Crippen LogP contribution in [0.15, 0.2) is 0 Å². The van der Waals surface area contributed by atoms with Gasteiger partial charge in [0.25, 0.3) is 0 Å². The Labute approximate surface area is 91.1 Å². The van der Waals surface area contributed by atoms with E-state index in [1.54, 1.807) is 0 Å². The van der Waals surface area contributed by atoms with E-state index in [0.29, 0.717) is 6.42 Å². The number of hydrogen-bond donors (Lipinski definition) is 2. The SMILES string of the molecule is CC(C)N[C@@H](CCC(=O)O)C(=O)C(C)C. The van der Waals surface area contributed by atoms with Gasteiger partial charge in [-0.05, 0) is 6.42 Å². The monoisotopic (exact) mass is 215 g/mol. The van der Waals surface area contributed by atoms with Gasteiger partial charge >= 0.3 is 5.97 Å². The largest absolute Gasteiger partial charge is 0.481 e. The van der Waals surface area contributed by atoms with E-state index in [1.807, 2.05) is 27.7 Å². The first-order chi connectivity index (χ1) is 6.84. The molecular formula is C11H21NO3. The van der Waals surface area contributed by atoms with Crippen molar-refractivity contribution in [1.82, 2.24) is 5.32 Å². The van der Waals surface area contributed by atoms with Gasteiger partial charge in [-0.3, -0.25) is 9.59 Å². The van der Waals surface area contributed by atoms with Gasteiger partial charge in [0, 0.05) is 18.4 Å². The number of aliphatic carboxylic acids is 1. The topological polar surface area (TPSA) is 66.4 Å². The van der Waals surface area contributed by atoms with Gasteiger partial charge in [-0.2, -0.15) is 0 Å². The van der Waals surface area contributed by atoms with Crippen LogP contribution in [-0.4, -0.2) is 28.9 Å². The molecule has 0 aliphatic heterocycles. The number of Topliss-reactive ketones (excluding diaryl/α,β-unsaturated/α-hetero) is 1. The van der Waals surface area contributed by atoms with Gasteiger partial charge in [-0.15, -0.1) is 0 Å². The second-order valence-electron chi connectivity index (χ2n) is 4.36. The zero-order valence-corrected chi connectivity index (χ0v) is 9.91. The third-order valence-electron chi connectivity index (χ3n) is 2.09. The molecule has 0 unspecified atom stereocenters. The number of nitrogens with one attached hydrogen (secondary N) is 1. The van der Waals surface area contributed by atoms with Crippen LogP contribution in [0, 0.1) is 5.92 Å². The van der Waals surface area contributed by atoms with Crippen molar-refractivity contribution in [3.8, 4) is 0 Å². The lowest BCUT2D eigenvalue weighted by Crippen LogP contribution is -2.43. The second kappa shape index (κ2) is 6.56. The number of carboxylic acids is 1. The quantitative estimate of drug-likeness (QED) is 0.674. The van der Waals surface area contributed by atoms with Gasteiger partial charge in [-0.1, -0.05) is 27.7 Å². The number of carbonyl (C=O) groups is 2. The average Bonchev–Trinajstić information content (AvgIpc) is 2.10. The molecule has 0 saturated carbocycles. The zero-order chi connectivity index (χ0) is 12.0. The highest BCUT2D eigenvalue weighted by molar-refractivity contribution is 5.86. The van der Waals surface area contributed by atoms with Crippen molar-refractivity contribution >= 4 is 11.8 Å². The van der Waals surface area contributed by atoms with Crippen LogP contribution in [0.2, 0.25) is 0 Å². The molecule has 0 saturated heterocycles. The van der Waals surface area contributed by atoms with Crippen molar-refractivity contribution in [3.63, 3.8) is 0 Å². The number of rotatable bonds is 7. The number of ketones is 1. The Morgan fingerprint density at radius 2 is 1.73 bits per heavy atom. The molecule has 0 aromatic heterocycles. The number of carboxylic acid groups (broad SMARTS) is 1. The molecule has 4 heteroatoms. The fraction of sp³-hybridized carbons (Fsp3) is 0.818. The molecule has 0 bridgehead atoms. The summed E-state index contributed by atoms with van der Waals surface area (Å²) in [6.07, 6.45) is 0.396. The van der Waals surface area contributed by atoms with Crippen molar-refractivity contribution in [1.29, 1.82) is 0 Å². The highest BCUT2D eigenvalue weighted by Crippen LogP contribution is 2.07. The van der Waals surface area contributed by atoms with Gasteiger partial charge in [0.2, 0.25) is 0 Å². The van der Waals surface area contributed by atoms with Crippen LogP contribution in [0.25, 0.3) is 0 Å². The average molecular weight is 215 g/mol. The molecule has 1 atom stereocenters. The van der Waals surface area contributed by atoms with Crippen molar-refractivity contribution in [2.45, 2.75) is 52.6 Å². The molecule has 88 valence electrons. The van der Waals surface area contributed by atoms with Crippen molar-refractivity contribution in [2.24, 2.45) is 5.92 Å². The summed E-state index contributed by atoms with van der Waals surface area (Å²) in [6, 6.07) is -0.146. The van der Waals surface area contributed by atoms with Gasteiger partial charge in [-0.25, -0.2) is 0 Å². The molecule has 0 aliphatic carbocycles.